The Morgan fingerprint density at radius 1 is 0.682 bits per heavy atom. The normalized spacial score (nSPS) is 12.0. The van der Waals surface area contributed by atoms with Crippen molar-refractivity contribution in [1.82, 2.24) is 0 Å². The Balaban J connectivity index is 2.58. The molecule has 0 heterocycles. The van der Waals surface area contributed by atoms with Crippen LogP contribution in [0.4, 0.5) is 0 Å². The van der Waals surface area contributed by atoms with Gasteiger partial charge in [0.05, 0.1) is 11.6 Å². The summed E-state index contributed by atoms with van der Waals surface area (Å²) in [4.78, 5) is 0. The van der Waals surface area contributed by atoms with Gasteiger partial charge in [0.1, 0.15) is 0 Å². The summed E-state index contributed by atoms with van der Waals surface area (Å²) in [6.45, 7) is 13.6. The van der Waals surface area contributed by atoms with Gasteiger partial charge in [-0.15, -0.1) is 0 Å². The van der Waals surface area contributed by atoms with Gasteiger partial charge >= 0.3 is 0 Å². The highest BCUT2D eigenvalue weighted by molar-refractivity contribution is 5.66. The topological polar surface area (TPSA) is 23.8 Å². The SMILES string of the molecule is CC(C)(C)c1ccc(-c2ccc(C#N)cc2)cc1C(C)(C)C. The minimum absolute atomic E-state index is 0.102. The lowest BCUT2D eigenvalue weighted by molar-refractivity contribution is 0.530. The maximum atomic E-state index is 8.93. The molecule has 1 heteroatoms. The predicted molar refractivity (Wildman–Crippen MR) is 94.0 cm³/mol. The Morgan fingerprint density at radius 2 is 1.18 bits per heavy atom. The highest BCUT2D eigenvalue weighted by atomic mass is 14.3. The van der Waals surface area contributed by atoms with Gasteiger partial charge in [-0.2, -0.15) is 5.26 Å². The molecule has 2 aromatic rings. The average Bonchev–Trinajstić information content (AvgIpc) is 2.45. The van der Waals surface area contributed by atoms with Crippen LogP contribution >= 0.6 is 0 Å². The Labute approximate surface area is 134 Å². The van der Waals surface area contributed by atoms with Crippen LogP contribution in [-0.2, 0) is 10.8 Å². The molecule has 0 aromatic heterocycles. The molecule has 0 unspecified atom stereocenters. The molecule has 0 atom stereocenters. The second-order valence-corrected chi connectivity index (χ2v) is 7.95. The van der Waals surface area contributed by atoms with Gasteiger partial charge in [0.2, 0.25) is 0 Å². The molecule has 0 amide bonds. The summed E-state index contributed by atoms with van der Waals surface area (Å²) in [6, 6.07) is 16.7. The largest absolute Gasteiger partial charge is 0.192 e. The van der Waals surface area contributed by atoms with E-state index in [0.29, 0.717) is 5.56 Å². The molecule has 0 aliphatic carbocycles. The second kappa shape index (κ2) is 5.61. The molecule has 0 saturated carbocycles. The first-order valence-electron chi connectivity index (χ1n) is 7.78. The van der Waals surface area contributed by atoms with Crippen molar-refractivity contribution in [3.05, 3.63) is 59.2 Å². The zero-order chi connectivity index (χ0) is 16.5. The zero-order valence-corrected chi connectivity index (χ0v) is 14.5. The summed E-state index contributed by atoms with van der Waals surface area (Å²) in [5.41, 5.74) is 6.09. The molecule has 0 bridgehead atoms. The summed E-state index contributed by atoms with van der Waals surface area (Å²) in [7, 11) is 0. The van der Waals surface area contributed by atoms with E-state index in [0.717, 1.165) is 5.56 Å². The molecular formula is C21H25N. The number of benzene rings is 2. The molecule has 0 aliphatic rings. The molecule has 2 rings (SSSR count). The molecule has 0 aliphatic heterocycles. The molecule has 2 aromatic carbocycles. The zero-order valence-electron chi connectivity index (χ0n) is 14.5. The Kier molecular flexibility index (Phi) is 4.16. The van der Waals surface area contributed by atoms with E-state index >= 15 is 0 Å². The van der Waals surface area contributed by atoms with Crippen LogP contribution in [0.2, 0.25) is 0 Å². The lowest BCUT2D eigenvalue weighted by atomic mass is 9.74. The van der Waals surface area contributed by atoms with Gasteiger partial charge in [0, 0.05) is 0 Å². The van der Waals surface area contributed by atoms with Crippen molar-refractivity contribution in [1.29, 1.82) is 5.26 Å². The quantitative estimate of drug-likeness (QED) is 0.649. The fourth-order valence-corrected chi connectivity index (χ4v) is 2.74. The monoisotopic (exact) mass is 291 g/mol. The number of hydrogen-bond donors (Lipinski definition) is 0. The van der Waals surface area contributed by atoms with Crippen molar-refractivity contribution in [2.75, 3.05) is 0 Å². The molecule has 0 saturated heterocycles. The molecule has 0 fully saturated rings. The highest BCUT2D eigenvalue weighted by Crippen LogP contribution is 2.36. The van der Waals surface area contributed by atoms with Crippen molar-refractivity contribution in [3.8, 4) is 17.2 Å². The van der Waals surface area contributed by atoms with Crippen LogP contribution in [0, 0.1) is 11.3 Å². The van der Waals surface area contributed by atoms with Gasteiger partial charge in [-0.25, -0.2) is 0 Å². The van der Waals surface area contributed by atoms with Gasteiger partial charge in [-0.1, -0.05) is 71.9 Å². The van der Waals surface area contributed by atoms with Crippen LogP contribution < -0.4 is 0 Å². The van der Waals surface area contributed by atoms with Crippen LogP contribution in [0.1, 0.15) is 58.2 Å². The van der Waals surface area contributed by atoms with E-state index in [1.807, 2.05) is 24.3 Å². The van der Waals surface area contributed by atoms with Gasteiger partial charge in [-0.05, 0) is 45.2 Å². The first-order chi connectivity index (χ1) is 10.1. The number of nitrogens with zero attached hydrogens (tertiary/aromatic N) is 1. The lowest BCUT2D eigenvalue weighted by Crippen LogP contribution is -2.21. The second-order valence-electron chi connectivity index (χ2n) is 7.95. The molecule has 114 valence electrons. The third kappa shape index (κ3) is 3.39. The maximum absolute atomic E-state index is 8.93. The Hall–Kier alpha value is -2.07. The van der Waals surface area contributed by atoms with Gasteiger partial charge in [0.25, 0.3) is 0 Å². The van der Waals surface area contributed by atoms with E-state index in [4.69, 9.17) is 5.26 Å². The average molecular weight is 291 g/mol. The minimum atomic E-state index is 0.102. The van der Waals surface area contributed by atoms with Crippen molar-refractivity contribution in [2.24, 2.45) is 0 Å². The third-order valence-electron chi connectivity index (χ3n) is 3.98. The molecule has 0 spiro atoms. The van der Waals surface area contributed by atoms with E-state index in [1.165, 1.54) is 16.7 Å². The van der Waals surface area contributed by atoms with Gasteiger partial charge in [0.15, 0.2) is 0 Å². The van der Waals surface area contributed by atoms with Crippen LogP contribution in [0.15, 0.2) is 42.5 Å². The highest BCUT2D eigenvalue weighted by Gasteiger charge is 2.25. The molecule has 1 nitrogen and oxygen atoms in total. The number of nitriles is 1. The fraction of sp³-hybridized carbons (Fsp3) is 0.381. The van der Waals surface area contributed by atoms with E-state index in [9.17, 15) is 0 Å². The minimum Gasteiger partial charge on any atom is -0.192 e. The summed E-state index contributed by atoms with van der Waals surface area (Å²) in [5.74, 6) is 0. The Bertz CT molecular complexity index is 702. The van der Waals surface area contributed by atoms with Crippen LogP contribution in [0.25, 0.3) is 11.1 Å². The van der Waals surface area contributed by atoms with Crippen molar-refractivity contribution in [3.63, 3.8) is 0 Å². The first kappa shape index (κ1) is 16.3. The van der Waals surface area contributed by atoms with E-state index < -0.39 is 0 Å². The van der Waals surface area contributed by atoms with Crippen molar-refractivity contribution >= 4 is 0 Å². The molecular weight excluding hydrogens is 266 g/mol. The van der Waals surface area contributed by atoms with Crippen molar-refractivity contribution < 1.29 is 0 Å². The molecule has 0 radical (unpaired) electrons. The molecule has 0 N–H and O–H groups in total. The van der Waals surface area contributed by atoms with Gasteiger partial charge in [-0.3, -0.25) is 0 Å². The van der Waals surface area contributed by atoms with Crippen molar-refractivity contribution in [2.45, 2.75) is 52.4 Å². The summed E-state index contributed by atoms with van der Waals surface area (Å²) >= 11 is 0. The lowest BCUT2D eigenvalue weighted by Gasteiger charge is -2.30. The van der Waals surface area contributed by atoms with Gasteiger partial charge < -0.3 is 0 Å². The first-order valence-corrected chi connectivity index (χ1v) is 7.78. The van der Waals surface area contributed by atoms with Crippen LogP contribution in [0.5, 0.6) is 0 Å². The predicted octanol–water partition coefficient (Wildman–Crippen LogP) is 5.82. The van der Waals surface area contributed by atoms with Crippen LogP contribution in [-0.4, -0.2) is 0 Å². The third-order valence-corrected chi connectivity index (χ3v) is 3.98. The summed E-state index contributed by atoms with van der Waals surface area (Å²) in [5, 5.41) is 8.93. The smallest absolute Gasteiger partial charge is 0.0991 e. The van der Waals surface area contributed by atoms with E-state index in [1.54, 1.807) is 0 Å². The summed E-state index contributed by atoms with van der Waals surface area (Å²) < 4.78 is 0. The maximum Gasteiger partial charge on any atom is 0.0991 e. The standard InChI is InChI=1S/C21H25N/c1-20(2,3)18-12-11-17(13-19(18)21(4,5)6)16-9-7-15(14-22)8-10-16/h7-13H,1-6H3. The molecule has 22 heavy (non-hydrogen) atoms. The van der Waals surface area contributed by atoms with E-state index in [-0.39, 0.29) is 10.8 Å². The van der Waals surface area contributed by atoms with E-state index in [2.05, 4.69) is 65.8 Å². The fourth-order valence-electron chi connectivity index (χ4n) is 2.74. The van der Waals surface area contributed by atoms with Crippen LogP contribution in [0.3, 0.4) is 0 Å². The number of hydrogen-bond acceptors (Lipinski definition) is 1. The Morgan fingerprint density at radius 3 is 1.64 bits per heavy atom. The number of rotatable bonds is 1. The summed E-state index contributed by atoms with van der Waals surface area (Å²) in [6.07, 6.45) is 0.